The Labute approximate surface area is 158 Å². The number of rotatable bonds is 6. The minimum atomic E-state index is -3.92. The van der Waals surface area contributed by atoms with Gasteiger partial charge in [-0.25, -0.2) is 4.98 Å². The first-order valence-electron chi connectivity index (χ1n) is 9.04. The summed E-state index contributed by atoms with van der Waals surface area (Å²) in [5.41, 5.74) is 7.45. The average Bonchev–Trinajstić information content (AvgIpc) is 3.05. The van der Waals surface area contributed by atoms with Gasteiger partial charge in [-0.3, -0.25) is 4.55 Å². The molecule has 152 valence electrons. The number of aliphatic hydroxyl groups excluding tert-OH is 1. The topological polar surface area (TPSA) is 153 Å². The number of fused-ring (bicyclic) bond motifs is 1. The third-order valence-electron chi connectivity index (χ3n) is 4.18. The van der Waals surface area contributed by atoms with Gasteiger partial charge in [0, 0.05) is 6.04 Å². The van der Waals surface area contributed by atoms with E-state index in [2.05, 4.69) is 19.5 Å². The summed E-state index contributed by atoms with van der Waals surface area (Å²) in [5.74, 6) is -0.178. The molecule has 1 aliphatic rings. The zero-order valence-electron chi connectivity index (χ0n) is 15.4. The summed E-state index contributed by atoms with van der Waals surface area (Å²) < 4.78 is 34.7. The quantitative estimate of drug-likeness (QED) is 0.612. The van der Waals surface area contributed by atoms with Crippen LogP contribution in [-0.4, -0.2) is 56.6 Å². The summed E-state index contributed by atoms with van der Waals surface area (Å²) in [6.45, 7) is 2.12. The highest BCUT2D eigenvalue weighted by Crippen LogP contribution is 2.31. The molecule has 0 bridgehead atoms. The van der Waals surface area contributed by atoms with Gasteiger partial charge in [0.15, 0.2) is 17.0 Å². The second-order valence-corrected chi connectivity index (χ2v) is 7.94. The van der Waals surface area contributed by atoms with Crippen molar-refractivity contribution in [2.45, 2.75) is 51.5 Å². The number of nitrogens with two attached hydrogens (primary N) is 1. The molecule has 1 aliphatic carbocycles. The van der Waals surface area contributed by atoms with Crippen molar-refractivity contribution in [3.8, 4) is 6.01 Å². The molecule has 11 heteroatoms. The first kappa shape index (κ1) is 21.3. The van der Waals surface area contributed by atoms with Crippen molar-refractivity contribution < 1.29 is 22.8 Å². The van der Waals surface area contributed by atoms with Crippen LogP contribution in [0.2, 0.25) is 0 Å². The normalized spacial score (nSPS) is 15.4. The van der Waals surface area contributed by atoms with Crippen LogP contribution in [-0.2, 0) is 10.1 Å². The molecule has 0 unspecified atom stereocenters. The van der Waals surface area contributed by atoms with E-state index >= 15 is 0 Å². The largest absolute Gasteiger partial charge is 0.463 e. The van der Waals surface area contributed by atoms with Crippen LogP contribution in [0.4, 0.5) is 5.82 Å². The third-order valence-corrected chi connectivity index (χ3v) is 4.88. The number of nitrogen functional groups attached to an aromatic ring is 1. The van der Waals surface area contributed by atoms with Gasteiger partial charge in [0.05, 0.1) is 25.3 Å². The molecule has 2 heterocycles. The molecule has 1 fully saturated rings. The van der Waals surface area contributed by atoms with E-state index < -0.39 is 22.5 Å². The minimum Gasteiger partial charge on any atom is -0.463 e. The lowest BCUT2D eigenvalue weighted by Crippen LogP contribution is -2.13. The van der Waals surface area contributed by atoms with Crippen LogP contribution in [0.5, 0.6) is 6.01 Å². The fourth-order valence-electron chi connectivity index (χ4n) is 2.92. The summed E-state index contributed by atoms with van der Waals surface area (Å²) in [7, 11) is -3.92. The molecule has 0 saturated heterocycles. The smallest absolute Gasteiger partial charge is 0.320 e. The van der Waals surface area contributed by atoms with Gasteiger partial charge in [0.25, 0.3) is 10.1 Å². The van der Waals surface area contributed by atoms with Crippen LogP contribution in [0.1, 0.15) is 51.5 Å². The van der Waals surface area contributed by atoms with E-state index in [0.717, 1.165) is 12.1 Å². The van der Waals surface area contributed by atoms with Crippen LogP contribution in [0.15, 0.2) is 6.33 Å². The van der Waals surface area contributed by atoms with Gasteiger partial charge in [-0.2, -0.15) is 18.4 Å². The van der Waals surface area contributed by atoms with Gasteiger partial charge in [0.1, 0.15) is 0 Å². The van der Waals surface area contributed by atoms with Gasteiger partial charge < -0.3 is 20.1 Å². The number of ether oxygens (including phenoxy) is 1. The summed E-state index contributed by atoms with van der Waals surface area (Å²) in [6.07, 6.45) is 8.98. The van der Waals surface area contributed by atoms with E-state index in [1.165, 1.54) is 32.1 Å². The average molecular weight is 401 g/mol. The standard InChI is InChI=1S/C14H21N5O.C2H6O4S/c1-2-8-20-14-17-12(15)11-13(18-14)19(9-16-11)10-6-4-3-5-7-10;3-1-2-7(4,5)6/h9-10H,2-8H2,1H3,(H2,15,17,18);3H,1-2H2,(H,4,5,6). The van der Waals surface area contributed by atoms with Crippen LogP contribution >= 0.6 is 0 Å². The Balaban J connectivity index is 0.000000321. The molecular formula is C16H27N5O5S. The number of anilines is 1. The Hall–Kier alpha value is -1.98. The Kier molecular flexibility index (Phi) is 7.75. The molecule has 2 aromatic rings. The van der Waals surface area contributed by atoms with E-state index in [0.29, 0.717) is 30.0 Å². The van der Waals surface area contributed by atoms with Gasteiger partial charge in [0.2, 0.25) is 0 Å². The molecule has 0 aromatic carbocycles. The zero-order chi connectivity index (χ0) is 19.9. The number of nitrogens with zero attached hydrogens (tertiary/aromatic N) is 4. The van der Waals surface area contributed by atoms with E-state index in [-0.39, 0.29) is 0 Å². The maximum absolute atomic E-state index is 9.63. The van der Waals surface area contributed by atoms with Crippen molar-refractivity contribution in [3.63, 3.8) is 0 Å². The molecule has 0 radical (unpaired) electrons. The van der Waals surface area contributed by atoms with Crippen LogP contribution in [0.25, 0.3) is 11.2 Å². The predicted molar refractivity (Wildman–Crippen MR) is 101 cm³/mol. The Morgan fingerprint density at radius 2 is 2.00 bits per heavy atom. The van der Waals surface area contributed by atoms with Gasteiger partial charge in [-0.05, 0) is 19.3 Å². The maximum atomic E-state index is 9.63. The van der Waals surface area contributed by atoms with Crippen molar-refractivity contribution in [1.29, 1.82) is 0 Å². The first-order valence-corrected chi connectivity index (χ1v) is 10.7. The van der Waals surface area contributed by atoms with E-state index in [9.17, 15) is 8.42 Å². The van der Waals surface area contributed by atoms with Crippen LogP contribution in [0.3, 0.4) is 0 Å². The second-order valence-electron chi connectivity index (χ2n) is 6.37. The number of aliphatic hydroxyl groups is 1. The highest BCUT2D eigenvalue weighted by molar-refractivity contribution is 7.85. The maximum Gasteiger partial charge on any atom is 0.320 e. The van der Waals surface area contributed by atoms with Gasteiger partial charge in [-0.1, -0.05) is 26.2 Å². The number of hydrogen-bond donors (Lipinski definition) is 3. The van der Waals surface area contributed by atoms with Crippen LogP contribution in [0, 0.1) is 0 Å². The SMILES string of the molecule is CCCOc1nc(N)c2ncn(C3CCCCC3)c2n1.O=S(=O)(O)CCO. The fourth-order valence-corrected chi connectivity index (χ4v) is 3.15. The lowest BCUT2D eigenvalue weighted by atomic mass is 9.95. The zero-order valence-corrected chi connectivity index (χ0v) is 16.2. The van der Waals surface area contributed by atoms with E-state index in [1.54, 1.807) is 0 Å². The Bertz CT molecular complexity index is 833. The molecule has 0 spiro atoms. The molecule has 1 saturated carbocycles. The second kappa shape index (κ2) is 9.81. The van der Waals surface area contributed by atoms with Crippen molar-refractivity contribution in [2.24, 2.45) is 0 Å². The summed E-state index contributed by atoms with van der Waals surface area (Å²) in [6, 6.07) is 0.830. The van der Waals surface area contributed by atoms with Crippen LogP contribution < -0.4 is 10.5 Å². The van der Waals surface area contributed by atoms with Crippen molar-refractivity contribution in [3.05, 3.63) is 6.33 Å². The summed E-state index contributed by atoms with van der Waals surface area (Å²) in [5, 5.41) is 7.86. The number of hydrogen-bond acceptors (Lipinski definition) is 8. The molecular weight excluding hydrogens is 374 g/mol. The molecule has 10 nitrogen and oxygen atoms in total. The number of imidazole rings is 1. The Morgan fingerprint density at radius 3 is 2.56 bits per heavy atom. The third kappa shape index (κ3) is 6.29. The summed E-state index contributed by atoms with van der Waals surface area (Å²) in [4.78, 5) is 13.0. The van der Waals surface area contributed by atoms with Crippen molar-refractivity contribution in [2.75, 3.05) is 24.7 Å². The van der Waals surface area contributed by atoms with Gasteiger partial charge >= 0.3 is 6.01 Å². The van der Waals surface area contributed by atoms with E-state index in [1.807, 2.05) is 13.3 Å². The highest BCUT2D eigenvalue weighted by atomic mass is 32.2. The van der Waals surface area contributed by atoms with Crippen molar-refractivity contribution >= 4 is 27.1 Å². The molecule has 0 aliphatic heterocycles. The lowest BCUT2D eigenvalue weighted by molar-refractivity contribution is 0.293. The molecule has 27 heavy (non-hydrogen) atoms. The first-order chi connectivity index (χ1) is 12.9. The number of aromatic nitrogens is 4. The monoisotopic (exact) mass is 401 g/mol. The lowest BCUT2D eigenvalue weighted by Gasteiger charge is -2.23. The minimum absolute atomic E-state index is 0.356. The molecule has 4 N–H and O–H groups in total. The van der Waals surface area contributed by atoms with Crippen molar-refractivity contribution in [1.82, 2.24) is 19.5 Å². The molecule has 3 rings (SSSR count). The molecule has 0 amide bonds. The highest BCUT2D eigenvalue weighted by Gasteiger charge is 2.20. The predicted octanol–water partition coefficient (Wildman–Crippen LogP) is 1.57. The summed E-state index contributed by atoms with van der Waals surface area (Å²) >= 11 is 0. The van der Waals surface area contributed by atoms with E-state index in [4.69, 9.17) is 20.1 Å². The fraction of sp³-hybridized carbons (Fsp3) is 0.688. The molecule has 2 aromatic heterocycles. The Morgan fingerprint density at radius 1 is 1.30 bits per heavy atom. The van der Waals surface area contributed by atoms with Gasteiger partial charge in [-0.15, -0.1) is 0 Å². The molecule has 0 atom stereocenters.